The van der Waals surface area contributed by atoms with Crippen molar-refractivity contribution in [1.29, 1.82) is 0 Å². The lowest BCUT2D eigenvalue weighted by molar-refractivity contribution is 0.102. The first kappa shape index (κ1) is 15.9. The van der Waals surface area contributed by atoms with Crippen molar-refractivity contribution in [2.24, 2.45) is 0 Å². The maximum atomic E-state index is 12.3. The molecule has 0 saturated heterocycles. The van der Waals surface area contributed by atoms with Crippen LogP contribution in [-0.2, 0) is 0 Å². The monoisotopic (exact) mass is 367 g/mol. The first-order chi connectivity index (χ1) is 9.86. The molecule has 0 fully saturated rings. The second kappa shape index (κ2) is 6.54. The van der Waals surface area contributed by atoms with Crippen LogP contribution in [-0.4, -0.2) is 15.9 Å². The van der Waals surface area contributed by atoms with Gasteiger partial charge in [-0.15, -0.1) is 0 Å². The molecule has 1 amide bonds. The number of pyridine rings is 2. The third-order valence-electron chi connectivity index (χ3n) is 2.93. The first-order valence-electron chi connectivity index (χ1n) is 6.49. The van der Waals surface area contributed by atoms with Crippen LogP contribution in [0.3, 0.4) is 0 Å². The number of halogens is 2. The molecule has 2 heterocycles. The van der Waals surface area contributed by atoms with Crippen LogP contribution in [0.5, 0.6) is 0 Å². The molecular weight excluding hydrogens is 354 g/mol. The van der Waals surface area contributed by atoms with Crippen molar-refractivity contribution in [3.05, 3.63) is 50.8 Å². The van der Waals surface area contributed by atoms with E-state index >= 15 is 0 Å². The summed E-state index contributed by atoms with van der Waals surface area (Å²) in [6, 6.07) is 6.88. The molecule has 0 radical (unpaired) electrons. The smallest absolute Gasteiger partial charge is 0.256 e. The lowest BCUT2D eigenvalue weighted by Gasteiger charge is -2.09. The third-order valence-corrected chi connectivity index (χ3v) is 3.96. The average molecular weight is 369 g/mol. The molecule has 1 N–H and O–H groups in total. The predicted molar refractivity (Wildman–Crippen MR) is 88.0 cm³/mol. The highest BCUT2D eigenvalue weighted by molar-refractivity contribution is 9.10. The van der Waals surface area contributed by atoms with E-state index in [-0.39, 0.29) is 11.8 Å². The number of nitrogens with zero attached hydrogens (tertiary/aromatic N) is 2. The topological polar surface area (TPSA) is 54.9 Å². The number of aromatic nitrogens is 2. The number of aryl methyl sites for hydroxylation is 1. The molecule has 2 aromatic heterocycles. The minimum Gasteiger partial charge on any atom is -0.307 e. The van der Waals surface area contributed by atoms with Gasteiger partial charge in [-0.05, 0) is 53.0 Å². The summed E-state index contributed by atoms with van der Waals surface area (Å²) < 4.78 is 0.898. The Morgan fingerprint density at radius 3 is 2.62 bits per heavy atom. The Morgan fingerprint density at radius 1 is 1.29 bits per heavy atom. The zero-order chi connectivity index (χ0) is 15.6. The van der Waals surface area contributed by atoms with Crippen LogP contribution >= 0.6 is 27.5 Å². The van der Waals surface area contributed by atoms with Gasteiger partial charge in [-0.2, -0.15) is 0 Å². The maximum absolute atomic E-state index is 12.3. The number of carbonyl (C=O) groups is 1. The minimum absolute atomic E-state index is 0.198. The number of carbonyl (C=O) groups excluding carboxylic acids is 1. The van der Waals surface area contributed by atoms with Crippen LogP contribution in [0.15, 0.2) is 28.7 Å². The molecule has 21 heavy (non-hydrogen) atoms. The summed E-state index contributed by atoms with van der Waals surface area (Å²) in [5, 5.41) is 3.07. The Balaban J connectivity index is 2.25. The fraction of sp³-hybridized carbons (Fsp3) is 0.267. The average Bonchev–Trinajstić information content (AvgIpc) is 2.42. The van der Waals surface area contributed by atoms with Gasteiger partial charge in [0.15, 0.2) is 0 Å². The molecule has 6 heteroatoms. The summed E-state index contributed by atoms with van der Waals surface area (Å²) in [5.41, 5.74) is 2.07. The van der Waals surface area contributed by atoms with Gasteiger partial charge in [-0.3, -0.25) is 4.79 Å². The highest BCUT2D eigenvalue weighted by Gasteiger charge is 2.12. The highest BCUT2D eigenvalue weighted by atomic mass is 79.9. The molecule has 0 aliphatic carbocycles. The molecule has 0 spiro atoms. The van der Waals surface area contributed by atoms with E-state index in [4.69, 9.17) is 11.6 Å². The van der Waals surface area contributed by atoms with Gasteiger partial charge in [0, 0.05) is 15.7 Å². The van der Waals surface area contributed by atoms with E-state index in [0.717, 1.165) is 15.9 Å². The van der Waals surface area contributed by atoms with Crippen molar-refractivity contribution >= 4 is 39.3 Å². The van der Waals surface area contributed by atoms with Crippen molar-refractivity contribution < 1.29 is 4.79 Å². The lowest BCUT2D eigenvalue weighted by atomic mass is 10.1. The lowest BCUT2D eigenvalue weighted by Crippen LogP contribution is -2.14. The second-order valence-electron chi connectivity index (χ2n) is 4.98. The van der Waals surface area contributed by atoms with Crippen molar-refractivity contribution in [3.8, 4) is 0 Å². The molecule has 0 saturated carbocycles. The van der Waals surface area contributed by atoms with Crippen LogP contribution in [0, 0.1) is 6.92 Å². The van der Waals surface area contributed by atoms with Gasteiger partial charge < -0.3 is 5.32 Å². The molecule has 0 bridgehead atoms. The molecule has 4 nitrogen and oxygen atoms in total. The standard InChI is InChI=1S/C15H15BrClN3O/c1-8(2)12-6-10(7-13(17)19-12)15(21)20-14-5-4-11(16)9(3)18-14/h4-8H,1-3H3,(H,18,20,21). The van der Waals surface area contributed by atoms with E-state index in [0.29, 0.717) is 16.5 Å². The molecule has 2 aromatic rings. The SMILES string of the molecule is Cc1nc(NC(=O)c2cc(Cl)nc(C(C)C)c2)ccc1Br. The summed E-state index contributed by atoms with van der Waals surface area (Å²) in [6.07, 6.45) is 0. The van der Waals surface area contributed by atoms with Crippen molar-refractivity contribution in [1.82, 2.24) is 9.97 Å². The Labute approximate surface area is 137 Å². The molecule has 0 unspecified atom stereocenters. The van der Waals surface area contributed by atoms with Gasteiger partial charge in [0.1, 0.15) is 11.0 Å². The molecule has 0 aliphatic rings. The van der Waals surface area contributed by atoms with E-state index in [9.17, 15) is 4.79 Å². The third kappa shape index (κ3) is 4.02. The van der Waals surface area contributed by atoms with Crippen molar-refractivity contribution in [2.45, 2.75) is 26.7 Å². The summed E-state index contributed by atoms with van der Waals surface area (Å²) in [5.74, 6) is 0.443. The van der Waals surface area contributed by atoms with Crippen LogP contribution in [0.25, 0.3) is 0 Å². The van der Waals surface area contributed by atoms with Gasteiger partial charge >= 0.3 is 0 Å². The molecule has 110 valence electrons. The Hall–Kier alpha value is -1.46. The largest absolute Gasteiger partial charge is 0.307 e. The van der Waals surface area contributed by atoms with Crippen molar-refractivity contribution in [3.63, 3.8) is 0 Å². The fourth-order valence-electron chi connectivity index (χ4n) is 1.75. The Kier molecular flexibility index (Phi) is 4.96. The van der Waals surface area contributed by atoms with Gasteiger partial charge in [-0.25, -0.2) is 9.97 Å². The summed E-state index contributed by atoms with van der Waals surface area (Å²) >= 11 is 9.35. The number of nitrogens with one attached hydrogen (secondary N) is 1. The molecule has 0 aliphatic heterocycles. The van der Waals surface area contributed by atoms with Gasteiger partial charge in [0.2, 0.25) is 0 Å². The Bertz CT molecular complexity index is 689. The van der Waals surface area contributed by atoms with E-state index in [2.05, 4.69) is 31.2 Å². The quantitative estimate of drug-likeness (QED) is 0.807. The zero-order valence-electron chi connectivity index (χ0n) is 11.9. The zero-order valence-corrected chi connectivity index (χ0v) is 14.3. The minimum atomic E-state index is -0.254. The van der Waals surface area contributed by atoms with Gasteiger partial charge in [0.25, 0.3) is 5.91 Å². The van der Waals surface area contributed by atoms with Crippen LogP contribution < -0.4 is 5.32 Å². The number of hydrogen-bond donors (Lipinski definition) is 1. The van der Waals surface area contributed by atoms with Crippen molar-refractivity contribution in [2.75, 3.05) is 5.32 Å². The number of hydrogen-bond acceptors (Lipinski definition) is 3. The molecule has 0 atom stereocenters. The number of rotatable bonds is 3. The van der Waals surface area contributed by atoms with E-state index in [1.807, 2.05) is 26.8 Å². The van der Waals surface area contributed by atoms with Crippen LogP contribution in [0.1, 0.15) is 41.5 Å². The maximum Gasteiger partial charge on any atom is 0.256 e. The normalized spacial score (nSPS) is 10.8. The Morgan fingerprint density at radius 2 is 2.00 bits per heavy atom. The fourth-order valence-corrected chi connectivity index (χ4v) is 2.18. The second-order valence-corrected chi connectivity index (χ2v) is 6.22. The number of amides is 1. The molecule has 0 aromatic carbocycles. The summed E-state index contributed by atoms with van der Waals surface area (Å²) in [6.45, 7) is 5.86. The van der Waals surface area contributed by atoms with Gasteiger partial charge in [-0.1, -0.05) is 25.4 Å². The predicted octanol–water partition coefficient (Wildman–Crippen LogP) is 4.58. The van der Waals surface area contributed by atoms with Gasteiger partial charge in [0.05, 0.1) is 5.69 Å². The van der Waals surface area contributed by atoms with E-state index in [1.54, 1.807) is 18.2 Å². The summed E-state index contributed by atoms with van der Waals surface area (Å²) in [4.78, 5) is 20.8. The van der Waals surface area contributed by atoms with Crippen LogP contribution in [0.2, 0.25) is 5.15 Å². The van der Waals surface area contributed by atoms with E-state index < -0.39 is 0 Å². The first-order valence-corrected chi connectivity index (χ1v) is 7.66. The molecule has 2 rings (SSSR count). The van der Waals surface area contributed by atoms with E-state index in [1.165, 1.54) is 0 Å². The highest BCUT2D eigenvalue weighted by Crippen LogP contribution is 2.20. The summed E-state index contributed by atoms with van der Waals surface area (Å²) in [7, 11) is 0. The molecular formula is C15H15BrClN3O. The number of anilines is 1. The van der Waals surface area contributed by atoms with Crippen LogP contribution in [0.4, 0.5) is 5.82 Å².